The van der Waals surface area contributed by atoms with Crippen molar-refractivity contribution in [2.45, 2.75) is 39.9 Å². The molecule has 20 heavy (non-hydrogen) atoms. The second-order valence-electron chi connectivity index (χ2n) is 5.96. The molecule has 4 heteroatoms. The van der Waals surface area contributed by atoms with Crippen molar-refractivity contribution in [2.24, 2.45) is 0 Å². The Morgan fingerprint density at radius 1 is 1.30 bits per heavy atom. The number of nitrogens with one attached hydrogen (secondary N) is 2. The summed E-state index contributed by atoms with van der Waals surface area (Å²) in [5, 5.41) is 3.01. The van der Waals surface area contributed by atoms with Crippen molar-refractivity contribution in [1.29, 1.82) is 0 Å². The summed E-state index contributed by atoms with van der Waals surface area (Å²) >= 11 is 0. The Labute approximate surface area is 121 Å². The van der Waals surface area contributed by atoms with Crippen LogP contribution in [0.3, 0.4) is 0 Å². The smallest absolute Gasteiger partial charge is 0.279 e. The van der Waals surface area contributed by atoms with Crippen LogP contribution in [-0.2, 0) is 9.53 Å². The van der Waals surface area contributed by atoms with Gasteiger partial charge in [0.15, 0.2) is 6.54 Å². The van der Waals surface area contributed by atoms with Gasteiger partial charge in [0, 0.05) is 5.69 Å². The minimum Gasteiger partial charge on any atom is -0.364 e. The summed E-state index contributed by atoms with van der Waals surface area (Å²) in [5.41, 5.74) is 3.23. The minimum atomic E-state index is 0.0771. The monoisotopic (exact) mass is 277 g/mol. The third-order valence-corrected chi connectivity index (χ3v) is 3.68. The maximum atomic E-state index is 12.2. The van der Waals surface area contributed by atoms with Gasteiger partial charge in [-0.2, -0.15) is 0 Å². The van der Waals surface area contributed by atoms with Crippen molar-refractivity contribution >= 4 is 11.6 Å². The number of morpholine rings is 1. The van der Waals surface area contributed by atoms with Gasteiger partial charge >= 0.3 is 0 Å². The van der Waals surface area contributed by atoms with Crippen LogP contribution in [0.5, 0.6) is 0 Å². The molecule has 1 saturated heterocycles. The second-order valence-corrected chi connectivity index (χ2v) is 5.96. The fraction of sp³-hybridized carbons (Fsp3) is 0.562. The van der Waals surface area contributed by atoms with Gasteiger partial charge in [0.1, 0.15) is 25.3 Å². The van der Waals surface area contributed by atoms with E-state index >= 15 is 0 Å². The Bertz CT molecular complexity index is 477. The number of quaternary nitrogens is 1. The summed E-state index contributed by atoms with van der Waals surface area (Å²) in [6.45, 7) is 10.5. The number of anilines is 1. The highest BCUT2D eigenvalue weighted by Crippen LogP contribution is 2.15. The Balaban J connectivity index is 1.92. The molecule has 0 aliphatic carbocycles. The molecule has 1 aromatic rings. The van der Waals surface area contributed by atoms with Crippen LogP contribution in [0.15, 0.2) is 18.2 Å². The van der Waals surface area contributed by atoms with Gasteiger partial charge in [0.2, 0.25) is 0 Å². The first-order valence-corrected chi connectivity index (χ1v) is 7.30. The van der Waals surface area contributed by atoms with Gasteiger partial charge in [-0.15, -0.1) is 0 Å². The van der Waals surface area contributed by atoms with E-state index in [1.54, 1.807) is 0 Å². The molecule has 0 spiro atoms. The molecule has 1 aromatic carbocycles. The van der Waals surface area contributed by atoms with Crippen LogP contribution in [0.1, 0.15) is 25.0 Å². The fourth-order valence-electron chi connectivity index (χ4n) is 2.91. The summed E-state index contributed by atoms with van der Waals surface area (Å²) in [6.07, 6.45) is 0.449. The molecule has 110 valence electrons. The highest BCUT2D eigenvalue weighted by atomic mass is 16.5. The number of ether oxygens (including phenoxy) is 1. The normalized spacial score (nSPS) is 26.3. The van der Waals surface area contributed by atoms with E-state index < -0.39 is 0 Å². The number of benzene rings is 1. The summed E-state index contributed by atoms with van der Waals surface area (Å²) in [5.74, 6) is 0.0771. The van der Waals surface area contributed by atoms with Crippen LogP contribution >= 0.6 is 0 Å². The number of carbonyl (C=O) groups is 1. The van der Waals surface area contributed by atoms with E-state index in [4.69, 9.17) is 4.74 Å². The third-order valence-electron chi connectivity index (χ3n) is 3.68. The van der Waals surface area contributed by atoms with Crippen molar-refractivity contribution in [3.05, 3.63) is 29.3 Å². The van der Waals surface area contributed by atoms with Gasteiger partial charge in [-0.25, -0.2) is 0 Å². The predicted molar refractivity (Wildman–Crippen MR) is 80.1 cm³/mol. The lowest BCUT2D eigenvalue weighted by Gasteiger charge is -2.31. The van der Waals surface area contributed by atoms with E-state index in [0.717, 1.165) is 24.3 Å². The Morgan fingerprint density at radius 3 is 2.55 bits per heavy atom. The number of amides is 1. The Hall–Kier alpha value is -1.39. The topological polar surface area (TPSA) is 42.8 Å². The zero-order chi connectivity index (χ0) is 14.7. The summed E-state index contributed by atoms with van der Waals surface area (Å²) in [6, 6.07) is 6.08. The first kappa shape index (κ1) is 15.0. The van der Waals surface area contributed by atoms with Gasteiger partial charge in [0.05, 0.1) is 0 Å². The zero-order valence-corrected chi connectivity index (χ0v) is 12.8. The van der Waals surface area contributed by atoms with Gasteiger partial charge in [-0.3, -0.25) is 4.79 Å². The van der Waals surface area contributed by atoms with Crippen LogP contribution in [0.2, 0.25) is 0 Å². The molecule has 1 amide bonds. The van der Waals surface area contributed by atoms with Crippen LogP contribution in [-0.4, -0.2) is 37.7 Å². The molecule has 0 bridgehead atoms. The molecule has 1 aliphatic rings. The average molecular weight is 277 g/mol. The number of hydrogen-bond donors (Lipinski definition) is 2. The molecule has 1 aliphatic heterocycles. The molecule has 3 atom stereocenters. The molecule has 0 radical (unpaired) electrons. The SMILES string of the molecule is Cc1ccc(NC(=O)C[NH+]2C[C@@H](C)O[C@@H](C)C2)c(C)c1. The first-order chi connectivity index (χ1) is 9.44. The van der Waals surface area contributed by atoms with Gasteiger partial charge in [0.25, 0.3) is 5.91 Å². The Morgan fingerprint density at radius 2 is 1.95 bits per heavy atom. The second kappa shape index (κ2) is 6.37. The number of aryl methyl sites for hydroxylation is 2. The molecule has 0 aromatic heterocycles. The molecular weight excluding hydrogens is 252 g/mol. The molecule has 2 rings (SSSR count). The molecule has 1 fully saturated rings. The van der Waals surface area contributed by atoms with Gasteiger partial charge < -0.3 is 15.0 Å². The van der Waals surface area contributed by atoms with Crippen molar-refractivity contribution in [1.82, 2.24) is 0 Å². The molecule has 2 N–H and O–H groups in total. The van der Waals surface area contributed by atoms with Crippen molar-refractivity contribution in [2.75, 3.05) is 25.0 Å². The van der Waals surface area contributed by atoms with E-state index in [1.807, 2.05) is 19.1 Å². The number of carbonyl (C=O) groups excluding carboxylic acids is 1. The standard InChI is InChI=1S/C16H24N2O2/c1-11-5-6-15(12(2)7-11)17-16(19)10-18-8-13(3)20-14(4)9-18/h5-7,13-14H,8-10H2,1-4H3,(H,17,19)/p+1/t13-,14+. The fourth-order valence-corrected chi connectivity index (χ4v) is 2.91. The predicted octanol–water partition coefficient (Wildman–Crippen LogP) is 0.934. The summed E-state index contributed by atoms with van der Waals surface area (Å²) < 4.78 is 5.70. The van der Waals surface area contributed by atoms with Gasteiger partial charge in [-0.05, 0) is 39.3 Å². The third kappa shape index (κ3) is 4.05. The lowest BCUT2D eigenvalue weighted by atomic mass is 10.1. The van der Waals surface area contributed by atoms with E-state index in [1.165, 1.54) is 10.5 Å². The van der Waals surface area contributed by atoms with E-state index in [2.05, 4.69) is 32.2 Å². The average Bonchev–Trinajstić information content (AvgIpc) is 2.31. The van der Waals surface area contributed by atoms with Crippen LogP contribution in [0.4, 0.5) is 5.69 Å². The molecule has 1 unspecified atom stereocenters. The van der Waals surface area contributed by atoms with E-state index in [0.29, 0.717) is 6.54 Å². The quantitative estimate of drug-likeness (QED) is 0.863. The number of rotatable bonds is 3. The van der Waals surface area contributed by atoms with E-state index in [9.17, 15) is 4.79 Å². The van der Waals surface area contributed by atoms with Crippen LogP contribution in [0.25, 0.3) is 0 Å². The molecular formula is C16H25N2O2+. The maximum absolute atomic E-state index is 12.2. The van der Waals surface area contributed by atoms with Crippen molar-refractivity contribution in [3.8, 4) is 0 Å². The lowest BCUT2D eigenvalue weighted by Crippen LogP contribution is -3.16. The zero-order valence-electron chi connectivity index (χ0n) is 12.8. The van der Waals surface area contributed by atoms with E-state index in [-0.39, 0.29) is 18.1 Å². The molecule has 0 saturated carbocycles. The minimum absolute atomic E-state index is 0.0771. The highest BCUT2D eigenvalue weighted by Gasteiger charge is 2.27. The first-order valence-electron chi connectivity index (χ1n) is 7.30. The highest BCUT2D eigenvalue weighted by molar-refractivity contribution is 5.92. The van der Waals surface area contributed by atoms with Crippen LogP contribution < -0.4 is 10.2 Å². The summed E-state index contributed by atoms with van der Waals surface area (Å²) in [4.78, 5) is 13.4. The van der Waals surface area contributed by atoms with Crippen molar-refractivity contribution in [3.63, 3.8) is 0 Å². The molecule has 1 heterocycles. The lowest BCUT2D eigenvalue weighted by molar-refractivity contribution is -0.907. The maximum Gasteiger partial charge on any atom is 0.279 e. The van der Waals surface area contributed by atoms with Gasteiger partial charge in [-0.1, -0.05) is 17.7 Å². The van der Waals surface area contributed by atoms with Crippen molar-refractivity contribution < 1.29 is 14.4 Å². The Kier molecular flexibility index (Phi) is 4.78. The van der Waals surface area contributed by atoms with Crippen LogP contribution in [0, 0.1) is 13.8 Å². The summed E-state index contributed by atoms with van der Waals surface area (Å²) in [7, 11) is 0. The number of hydrogen-bond acceptors (Lipinski definition) is 2. The largest absolute Gasteiger partial charge is 0.364 e. The molecule has 4 nitrogen and oxygen atoms in total.